The average molecular weight is 210 g/mol. The first-order chi connectivity index (χ1) is 6.06. The summed E-state index contributed by atoms with van der Waals surface area (Å²) in [5.74, 6) is 0. The Bertz CT molecular complexity index is 356. The zero-order chi connectivity index (χ0) is 10.0. The summed E-state index contributed by atoms with van der Waals surface area (Å²) in [4.78, 5) is 3.60. The SMILES string of the molecule is C=C/C(S)=C\c1sc(C)c(C)c1C. The lowest BCUT2D eigenvalue weighted by Crippen LogP contribution is -1.75. The molecular weight excluding hydrogens is 196 g/mol. The van der Waals surface area contributed by atoms with Crippen LogP contribution >= 0.6 is 24.0 Å². The highest BCUT2D eigenvalue weighted by atomic mass is 32.1. The van der Waals surface area contributed by atoms with Crippen LogP contribution in [0.2, 0.25) is 0 Å². The van der Waals surface area contributed by atoms with Crippen molar-refractivity contribution in [2.24, 2.45) is 0 Å². The van der Waals surface area contributed by atoms with Gasteiger partial charge in [-0.15, -0.1) is 24.0 Å². The molecule has 0 amide bonds. The van der Waals surface area contributed by atoms with Crippen molar-refractivity contribution in [3.8, 4) is 0 Å². The molecule has 0 aliphatic carbocycles. The second-order valence-corrected chi connectivity index (χ2v) is 4.82. The van der Waals surface area contributed by atoms with Gasteiger partial charge in [0.15, 0.2) is 0 Å². The highest BCUT2D eigenvalue weighted by Gasteiger charge is 2.05. The molecule has 1 aromatic rings. The standard InChI is InChI=1S/C11H14S2/c1-5-10(12)6-11-8(3)7(2)9(4)13-11/h5-6,12H,1H2,2-4H3/b10-6+. The number of hydrogen-bond donors (Lipinski definition) is 1. The molecule has 0 nitrogen and oxygen atoms in total. The molecule has 0 radical (unpaired) electrons. The van der Waals surface area contributed by atoms with Crippen LogP contribution in [0.1, 0.15) is 20.9 Å². The van der Waals surface area contributed by atoms with Crippen molar-refractivity contribution in [3.63, 3.8) is 0 Å². The third-order valence-corrected chi connectivity index (χ3v) is 3.78. The minimum atomic E-state index is 0.921. The largest absolute Gasteiger partial charge is 0.143 e. The minimum Gasteiger partial charge on any atom is -0.143 e. The Morgan fingerprint density at radius 3 is 2.31 bits per heavy atom. The topological polar surface area (TPSA) is 0 Å². The van der Waals surface area contributed by atoms with Crippen molar-refractivity contribution >= 4 is 30.0 Å². The fraction of sp³-hybridized carbons (Fsp3) is 0.273. The maximum absolute atomic E-state index is 4.28. The van der Waals surface area contributed by atoms with E-state index in [0.29, 0.717) is 0 Å². The molecular formula is C11H14S2. The summed E-state index contributed by atoms with van der Waals surface area (Å²) in [6.07, 6.45) is 3.82. The van der Waals surface area contributed by atoms with Crippen LogP contribution < -0.4 is 0 Å². The molecule has 0 spiro atoms. The Labute approximate surface area is 89.4 Å². The predicted octanol–water partition coefficient (Wildman–Crippen LogP) is 4.13. The molecule has 0 bridgehead atoms. The van der Waals surface area contributed by atoms with E-state index in [4.69, 9.17) is 0 Å². The van der Waals surface area contributed by atoms with Crippen LogP contribution in [0.25, 0.3) is 6.08 Å². The number of allylic oxidation sites excluding steroid dienone is 1. The van der Waals surface area contributed by atoms with Crippen molar-refractivity contribution in [2.45, 2.75) is 20.8 Å². The molecule has 0 fully saturated rings. The van der Waals surface area contributed by atoms with Crippen LogP contribution in [0.15, 0.2) is 17.6 Å². The van der Waals surface area contributed by atoms with Crippen LogP contribution in [0, 0.1) is 20.8 Å². The van der Waals surface area contributed by atoms with E-state index in [2.05, 4.69) is 46.1 Å². The minimum absolute atomic E-state index is 0.921. The zero-order valence-electron chi connectivity index (χ0n) is 8.22. The molecule has 1 heterocycles. The first-order valence-corrected chi connectivity index (χ1v) is 5.42. The average Bonchev–Trinajstić information content (AvgIpc) is 2.34. The summed E-state index contributed by atoms with van der Waals surface area (Å²) < 4.78 is 0. The third kappa shape index (κ3) is 2.26. The van der Waals surface area contributed by atoms with E-state index >= 15 is 0 Å². The Balaban J connectivity index is 3.17. The Morgan fingerprint density at radius 1 is 1.31 bits per heavy atom. The zero-order valence-corrected chi connectivity index (χ0v) is 9.93. The molecule has 0 aromatic carbocycles. The monoisotopic (exact) mass is 210 g/mol. The number of aryl methyl sites for hydroxylation is 1. The van der Waals surface area contributed by atoms with Crippen LogP contribution in [-0.4, -0.2) is 0 Å². The van der Waals surface area contributed by atoms with E-state index in [1.54, 1.807) is 6.08 Å². The summed E-state index contributed by atoms with van der Waals surface area (Å²) >= 11 is 6.09. The van der Waals surface area contributed by atoms with Crippen LogP contribution in [0.3, 0.4) is 0 Å². The lowest BCUT2D eigenvalue weighted by Gasteiger charge is -1.93. The molecule has 0 N–H and O–H groups in total. The molecule has 0 aliphatic heterocycles. The van der Waals surface area contributed by atoms with Crippen LogP contribution in [0.5, 0.6) is 0 Å². The maximum Gasteiger partial charge on any atom is 0.0316 e. The Morgan fingerprint density at radius 2 is 1.92 bits per heavy atom. The van der Waals surface area contributed by atoms with Crippen LogP contribution in [-0.2, 0) is 0 Å². The molecule has 2 heteroatoms. The molecule has 0 atom stereocenters. The number of thiophene rings is 1. The van der Waals surface area contributed by atoms with E-state index < -0.39 is 0 Å². The second-order valence-electron chi connectivity index (χ2n) is 3.05. The fourth-order valence-corrected chi connectivity index (χ4v) is 2.44. The lowest BCUT2D eigenvalue weighted by molar-refractivity contribution is 1.34. The van der Waals surface area contributed by atoms with Crippen molar-refractivity contribution in [1.82, 2.24) is 0 Å². The van der Waals surface area contributed by atoms with Gasteiger partial charge in [0.2, 0.25) is 0 Å². The van der Waals surface area contributed by atoms with E-state index in [9.17, 15) is 0 Å². The smallest absolute Gasteiger partial charge is 0.0316 e. The van der Waals surface area contributed by atoms with Crippen LogP contribution in [0.4, 0.5) is 0 Å². The lowest BCUT2D eigenvalue weighted by atomic mass is 10.1. The molecule has 13 heavy (non-hydrogen) atoms. The van der Waals surface area contributed by atoms with Gasteiger partial charge in [-0.1, -0.05) is 12.7 Å². The van der Waals surface area contributed by atoms with Gasteiger partial charge in [-0.3, -0.25) is 0 Å². The fourth-order valence-electron chi connectivity index (χ4n) is 1.10. The maximum atomic E-state index is 4.28. The molecule has 0 saturated heterocycles. The van der Waals surface area contributed by atoms with Gasteiger partial charge in [0.1, 0.15) is 0 Å². The highest BCUT2D eigenvalue weighted by molar-refractivity contribution is 7.85. The van der Waals surface area contributed by atoms with Gasteiger partial charge in [0, 0.05) is 14.7 Å². The quantitative estimate of drug-likeness (QED) is 0.550. The van der Waals surface area contributed by atoms with E-state index in [0.717, 1.165) is 4.91 Å². The first-order valence-electron chi connectivity index (χ1n) is 4.16. The highest BCUT2D eigenvalue weighted by Crippen LogP contribution is 2.28. The van der Waals surface area contributed by atoms with Crippen molar-refractivity contribution < 1.29 is 0 Å². The number of rotatable bonds is 2. The predicted molar refractivity (Wildman–Crippen MR) is 65.7 cm³/mol. The van der Waals surface area contributed by atoms with Gasteiger partial charge in [-0.2, -0.15) is 0 Å². The van der Waals surface area contributed by atoms with Gasteiger partial charge in [0.25, 0.3) is 0 Å². The summed E-state index contributed by atoms with van der Waals surface area (Å²) in [6.45, 7) is 10.1. The van der Waals surface area contributed by atoms with Gasteiger partial charge in [-0.05, 0) is 38.0 Å². The summed E-state index contributed by atoms with van der Waals surface area (Å²) in [5.41, 5.74) is 2.75. The number of hydrogen-bond acceptors (Lipinski definition) is 2. The van der Waals surface area contributed by atoms with Gasteiger partial charge in [-0.25, -0.2) is 0 Å². The van der Waals surface area contributed by atoms with E-state index in [-0.39, 0.29) is 0 Å². The van der Waals surface area contributed by atoms with Gasteiger partial charge in [0.05, 0.1) is 0 Å². The molecule has 0 aliphatic rings. The Hall–Kier alpha value is -0.470. The Kier molecular flexibility index (Phi) is 3.40. The second kappa shape index (κ2) is 4.16. The molecule has 70 valence electrons. The van der Waals surface area contributed by atoms with Crippen molar-refractivity contribution in [2.75, 3.05) is 0 Å². The molecule has 1 aromatic heterocycles. The molecule has 0 saturated carbocycles. The van der Waals surface area contributed by atoms with E-state index in [1.807, 2.05) is 11.3 Å². The van der Waals surface area contributed by atoms with E-state index in [1.165, 1.54) is 20.9 Å². The molecule has 1 rings (SSSR count). The molecule has 0 unspecified atom stereocenters. The third-order valence-electron chi connectivity index (χ3n) is 2.21. The summed E-state index contributed by atoms with van der Waals surface area (Å²) in [7, 11) is 0. The number of thiol groups is 1. The summed E-state index contributed by atoms with van der Waals surface area (Å²) in [5, 5.41) is 0. The van der Waals surface area contributed by atoms with Gasteiger partial charge < -0.3 is 0 Å². The first kappa shape index (κ1) is 10.6. The van der Waals surface area contributed by atoms with Gasteiger partial charge >= 0.3 is 0 Å². The van der Waals surface area contributed by atoms with Crippen molar-refractivity contribution in [1.29, 1.82) is 0 Å². The summed E-state index contributed by atoms with van der Waals surface area (Å²) in [6, 6.07) is 0. The normalized spacial score (nSPS) is 11.8. The van der Waals surface area contributed by atoms with Crippen molar-refractivity contribution in [3.05, 3.63) is 38.4 Å².